The molecular formula is C18H20ClNO3. The van der Waals surface area contributed by atoms with Crippen LogP contribution in [0.2, 0.25) is 5.02 Å². The number of amides is 1. The molecule has 0 aliphatic heterocycles. The molecule has 122 valence electrons. The van der Waals surface area contributed by atoms with Gasteiger partial charge in [0.1, 0.15) is 11.5 Å². The molecule has 5 heteroatoms. The lowest BCUT2D eigenvalue weighted by molar-refractivity contribution is -0.121. The fourth-order valence-corrected chi connectivity index (χ4v) is 2.57. The predicted molar refractivity (Wildman–Crippen MR) is 91.3 cm³/mol. The number of carbonyl (C=O) groups excluding carboxylic acids is 1. The summed E-state index contributed by atoms with van der Waals surface area (Å²) in [6.07, 6.45) is 0.232. The summed E-state index contributed by atoms with van der Waals surface area (Å²) in [5, 5.41) is 3.56. The van der Waals surface area contributed by atoms with E-state index in [1.54, 1.807) is 20.3 Å². The average molecular weight is 334 g/mol. The molecule has 0 bridgehead atoms. The molecule has 0 aliphatic carbocycles. The van der Waals surface area contributed by atoms with E-state index < -0.39 is 0 Å². The topological polar surface area (TPSA) is 47.6 Å². The normalized spacial score (nSPS) is 11.7. The van der Waals surface area contributed by atoms with Crippen molar-refractivity contribution in [2.24, 2.45) is 0 Å². The number of hydrogen-bond donors (Lipinski definition) is 1. The van der Waals surface area contributed by atoms with Crippen molar-refractivity contribution in [3.63, 3.8) is 0 Å². The molecule has 0 aliphatic rings. The number of carbonyl (C=O) groups is 1. The van der Waals surface area contributed by atoms with Gasteiger partial charge in [-0.1, -0.05) is 29.8 Å². The molecule has 1 atom stereocenters. The van der Waals surface area contributed by atoms with Crippen LogP contribution < -0.4 is 14.8 Å². The van der Waals surface area contributed by atoms with Crippen molar-refractivity contribution in [2.75, 3.05) is 14.2 Å². The summed E-state index contributed by atoms with van der Waals surface area (Å²) in [5.74, 6) is 1.32. The van der Waals surface area contributed by atoms with Crippen LogP contribution in [0.4, 0.5) is 0 Å². The molecule has 0 aromatic heterocycles. The van der Waals surface area contributed by atoms with Crippen molar-refractivity contribution < 1.29 is 14.3 Å². The largest absolute Gasteiger partial charge is 0.497 e. The Labute approximate surface area is 141 Å². The molecule has 0 saturated heterocycles. The second-order valence-electron chi connectivity index (χ2n) is 5.17. The van der Waals surface area contributed by atoms with Gasteiger partial charge in [0.25, 0.3) is 0 Å². The fraction of sp³-hybridized carbons (Fsp3) is 0.278. The molecule has 2 rings (SSSR count). The molecule has 0 saturated carbocycles. The van der Waals surface area contributed by atoms with Crippen molar-refractivity contribution in [3.8, 4) is 11.5 Å². The number of hydrogen-bond acceptors (Lipinski definition) is 3. The van der Waals surface area contributed by atoms with E-state index in [1.165, 1.54) is 0 Å². The van der Waals surface area contributed by atoms with Gasteiger partial charge in [0.05, 0.1) is 26.7 Å². The summed E-state index contributed by atoms with van der Waals surface area (Å²) in [6.45, 7) is 1.90. The smallest absolute Gasteiger partial charge is 0.224 e. The summed E-state index contributed by atoms with van der Waals surface area (Å²) in [5.41, 5.74) is 1.66. The molecule has 2 aromatic rings. The first-order chi connectivity index (χ1) is 11.0. The summed E-state index contributed by atoms with van der Waals surface area (Å²) in [6, 6.07) is 12.6. The van der Waals surface area contributed by atoms with Crippen LogP contribution in [0.15, 0.2) is 42.5 Å². The summed E-state index contributed by atoms with van der Waals surface area (Å²) in [4.78, 5) is 12.3. The Hall–Kier alpha value is -2.20. The minimum absolute atomic E-state index is 0.101. The number of nitrogens with one attached hydrogen (secondary N) is 1. The van der Waals surface area contributed by atoms with Crippen molar-refractivity contribution in [1.29, 1.82) is 0 Å². The zero-order valence-corrected chi connectivity index (χ0v) is 14.2. The number of methoxy groups -OCH3 is 2. The monoisotopic (exact) mass is 333 g/mol. The van der Waals surface area contributed by atoms with Crippen LogP contribution in [-0.4, -0.2) is 20.1 Å². The van der Waals surface area contributed by atoms with Gasteiger partial charge in [0, 0.05) is 10.6 Å². The van der Waals surface area contributed by atoms with Crippen LogP contribution >= 0.6 is 11.6 Å². The Bertz CT molecular complexity index is 688. The molecule has 0 fully saturated rings. The van der Waals surface area contributed by atoms with E-state index in [9.17, 15) is 4.79 Å². The van der Waals surface area contributed by atoms with Crippen LogP contribution in [0.5, 0.6) is 11.5 Å². The SMILES string of the molecule is COc1ccc(OC)c(C(C)NC(=O)Cc2ccccc2Cl)c1. The van der Waals surface area contributed by atoms with Gasteiger partial charge in [-0.05, 0) is 36.8 Å². The predicted octanol–water partition coefficient (Wildman–Crippen LogP) is 3.78. The van der Waals surface area contributed by atoms with E-state index >= 15 is 0 Å². The molecular weight excluding hydrogens is 314 g/mol. The lowest BCUT2D eigenvalue weighted by atomic mass is 10.1. The number of halogens is 1. The zero-order valence-electron chi connectivity index (χ0n) is 13.4. The maximum Gasteiger partial charge on any atom is 0.224 e. The Kier molecular flexibility index (Phi) is 5.88. The fourth-order valence-electron chi connectivity index (χ4n) is 2.36. The Morgan fingerprint density at radius 2 is 1.91 bits per heavy atom. The molecule has 0 spiro atoms. The van der Waals surface area contributed by atoms with Gasteiger partial charge in [-0.15, -0.1) is 0 Å². The molecule has 1 amide bonds. The van der Waals surface area contributed by atoms with Gasteiger partial charge in [-0.25, -0.2) is 0 Å². The molecule has 2 aromatic carbocycles. The lowest BCUT2D eigenvalue weighted by Gasteiger charge is -2.18. The van der Waals surface area contributed by atoms with Gasteiger partial charge >= 0.3 is 0 Å². The quantitative estimate of drug-likeness (QED) is 0.875. The second kappa shape index (κ2) is 7.88. The van der Waals surface area contributed by atoms with Crippen molar-refractivity contribution in [3.05, 3.63) is 58.6 Å². The van der Waals surface area contributed by atoms with Gasteiger partial charge in [0.2, 0.25) is 5.91 Å². The van der Waals surface area contributed by atoms with Gasteiger partial charge < -0.3 is 14.8 Å². The Morgan fingerprint density at radius 3 is 2.57 bits per heavy atom. The maximum absolute atomic E-state index is 12.3. The third-order valence-electron chi connectivity index (χ3n) is 3.59. The third kappa shape index (κ3) is 4.39. The van der Waals surface area contributed by atoms with Crippen LogP contribution in [0.3, 0.4) is 0 Å². The first-order valence-electron chi connectivity index (χ1n) is 7.30. The molecule has 1 unspecified atom stereocenters. The van der Waals surface area contributed by atoms with E-state index in [-0.39, 0.29) is 18.4 Å². The van der Waals surface area contributed by atoms with E-state index in [0.29, 0.717) is 16.5 Å². The summed E-state index contributed by atoms with van der Waals surface area (Å²) in [7, 11) is 3.20. The molecule has 4 nitrogen and oxygen atoms in total. The highest BCUT2D eigenvalue weighted by atomic mass is 35.5. The van der Waals surface area contributed by atoms with E-state index in [1.807, 2.05) is 43.3 Å². The lowest BCUT2D eigenvalue weighted by Crippen LogP contribution is -2.28. The number of ether oxygens (including phenoxy) is 2. The number of benzene rings is 2. The van der Waals surface area contributed by atoms with Crippen molar-refractivity contribution in [2.45, 2.75) is 19.4 Å². The van der Waals surface area contributed by atoms with E-state index in [4.69, 9.17) is 21.1 Å². The average Bonchev–Trinajstić information content (AvgIpc) is 2.56. The molecule has 23 heavy (non-hydrogen) atoms. The highest BCUT2D eigenvalue weighted by Gasteiger charge is 2.16. The third-order valence-corrected chi connectivity index (χ3v) is 3.96. The van der Waals surface area contributed by atoms with Gasteiger partial charge in [-0.2, -0.15) is 0 Å². The minimum Gasteiger partial charge on any atom is -0.497 e. The zero-order chi connectivity index (χ0) is 16.8. The number of rotatable bonds is 6. The van der Waals surface area contributed by atoms with Crippen LogP contribution in [-0.2, 0) is 11.2 Å². The minimum atomic E-state index is -0.213. The van der Waals surface area contributed by atoms with E-state index in [0.717, 1.165) is 11.1 Å². The van der Waals surface area contributed by atoms with Crippen molar-refractivity contribution >= 4 is 17.5 Å². The second-order valence-corrected chi connectivity index (χ2v) is 5.57. The summed E-state index contributed by atoms with van der Waals surface area (Å²) >= 11 is 6.09. The van der Waals surface area contributed by atoms with Crippen LogP contribution in [0.25, 0.3) is 0 Å². The Morgan fingerprint density at radius 1 is 1.17 bits per heavy atom. The highest BCUT2D eigenvalue weighted by Crippen LogP contribution is 2.29. The molecule has 0 radical (unpaired) electrons. The van der Waals surface area contributed by atoms with E-state index in [2.05, 4.69) is 5.32 Å². The Balaban J connectivity index is 2.10. The standard InChI is InChI=1S/C18H20ClNO3/c1-12(15-11-14(22-2)8-9-17(15)23-3)20-18(21)10-13-6-4-5-7-16(13)19/h4-9,11-12H,10H2,1-3H3,(H,20,21). The first-order valence-corrected chi connectivity index (χ1v) is 7.67. The van der Waals surface area contributed by atoms with Crippen LogP contribution in [0, 0.1) is 0 Å². The summed E-state index contributed by atoms with van der Waals surface area (Å²) < 4.78 is 10.6. The van der Waals surface area contributed by atoms with Crippen LogP contribution in [0.1, 0.15) is 24.1 Å². The molecule has 1 N–H and O–H groups in total. The van der Waals surface area contributed by atoms with Gasteiger partial charge in [-0.3, -0.25) is 4.79 Å². The maximum atomic E-state index is 12.3. The van der Waals surface area contributed by atoms with Crippen molar-refractivity contribution in [1.82, 2.24) is 5.32 Å². The first kappa shape index (κ1) is 17.2. The molecule has 0 heterocycles. The highest BCUT2D eigenvalue weighted by molar-refractivity contribution is 6.31. The van der Waals surface area contributed by atoms with Gasteiger partial charge in [0.15, 0.2) is 0 Å².